The number of carbonyl (C=O) groups is 1. The summed E-state index contributed by atoms with van der Waals surface area (Å²) >= 11 is 1.80. The van der Waals surface area contributed by atoms with Crippen LogP contribution in [0.15, 0.2) is 24.3 Å². The van der Waals surface area contributed by atoms with Crippen LogP contribution in [-0.2, 0) is 0 Å². The van der Waals surface area contributed by atoms with Crippen LogP contribution in [0.3, 0.4) is 0 Å². The second-order valence-corrected chi connectivity index (χ2v) is 4.95. The summed E-state index contributed by atoms with van der Waals surface area (Å²) in [6, 6.07) is 7.76. The van der Waals surface area contributed by atoms with Gasteiger partial charge in [0, 0.05) is 17.9 Å². The van der Waals surface area contributed by atoms with Gasteiger partial charge in [-0.25, -0.2) is 0 Å². The first-order valence-corrected chi connectivity index (χ1v) is 6.81. The highest BCUT2D eigenvalue weighted by atomic mass is 32.2. The SMILES string of the molecule is CSCCN(C)CC(=O)c1ccccc1C. The van der Waals surface area contributed by atoms with Crippen LogP contribution in [0.1, 0.15) is 15.9 Å². The molecule has 3 heteroatoms. The van der Waals surface area contributed by atoms with Gasteiger partial charge in [-0.2, -0.15) is 11.8 Å². The smallest absolute Gasteiger partial charge is 0.177 e. The van der Waals surface area contributed by atoms with Crippen LogP contribution in [0, 0.1) is 6.92 Å². The number of hydrogen-bond donors (Lipinski definition) is 0. The van der Waals surface area contributed by atoms with E-state index in [9.17, 15) is 4.79 Å². The summed E-state index contributed by atoms with van der Waals surface area (Å²) in [7, 11) is 1.99. The van der Waals surface area contributed by atoms with Crippen LogP contribution in [0.25, 0.3) is 0 Å². The first kappa shape index (κ1) is 13.3. The first-order valence-electron chi connectivity index (χ1n) is 5.41. The Labute approximate surface area is 102 Å². The summed E-state index contributed by atoms with van der Waals surface area (Å²) in [6.45, 7) is 3.44. The highest BCUT2D eigenvalue weighted by Gasteiger charge is 2.10. The van der Waals surface area contributed by atoms with Gasteiger partial charge in [-0.05, 0) is 25.8 Å². The molecule has 0 aliphatic carbocycles. The van der Waals surface area contributed by atoms with Crippen molar-refractivity contribution in [2.75, 3.05) is 32.1 Å². The maximum Gasteiger partial charge on any atom is 0.177 e. The zero-order chi connectivity index (χ0) is 12.0. The summed E-state index contributed by atoms with van der Waals surface area (Å²) < 4.78 is 0. The molecule has 0 fully saturated rings. The van der Waals surface area contributed by atoms with Crippen LogP contribution in [0.4, 0.5) is 0 Å². The first-order chi connectivity index (χ1) is 7.65. The Hall–Kier alpha value is -0.800. The van der Waals surface area contributed by atoms with Crippen LogP contribution >= 0.6 is 11.8 Å². The number of benzene rings is 1. The van der Waals surface area contributed by atoms with Crippen LogP contribution < -0.4 is 0 Å². The summed E-state index contributed by atoms with van der Waals surface area (Å²) in [5.74, 6) is 1.28. The summed E-state index contributed by atoms with van der Waals surface area (Å²) in [4.78, 5) is 14.1. The number of hydrogen-bond acceptors (Lipinski definition) is 3. The van der Waals surface area contributed by atoms with Gasteiger partial charge in [0.25, 0.3) is 0 Å². The molecule has 0 amide bonds. The molecule has 0 radical (unpaired) electrons. The van der Waals surface area contributed by atoms with Crippen molar-refractivity contribution >= 4 is 17.5 Å². The second-order valence-electron chi connectivity index (χ2n) is 3.97. The van der Waals surface area contributed by atoms with Crippen molar-refractivity contribution in [3.63, 3.8) is 0 Å². The van der Waals surface area contributed by atoms with E-state index in [2.05, 4.69) is 11.2 Å². The van der Waals surface area contributed by atoms with Gasteiger partial charge in [0.15, 0.2) is 5.78 Å². The van der Waals surface area contributed by atoms with E-state index >= 15 is 0 Å². The fourth-order valence-corrected chi connectivity index (χ4v) is 2.04. The molecule has 16 heavy (non-hydrogen) atoms. The van der Waals surface area contributed by atoms with Crippen molar-refractivity contribution in [1.29, 1.82) is 0 Å². The van der Waals surface area contributed by atoms with E-state index < -0.39 is 0 Å². The van der Waals surface area contributed by atoms with E-state index in [-0.39, 0.29) is 5.78 Å². The molecule has 0 heterocycles. The highest BCUT2D eigenvalue weighted by Crippen LogP contribution is 2.08. The van der Waals surface area contributed by atoms with E-state index in [0.29, 0.717) is 6.54 Å². The van der Waals surface area contributed by atoms with Gasteiger partial charge < -0.3 is 0 Å². The molecule has 0 aromatic heterocycles. The monoisotopic (exact) mass is 237 g/mol. The third-order valence-corrected chi connectivity index (χ3v) is 3.13. The lowest BCUT2D eigenvalue weighted by Gasteiger charge is -2.15. The van der Waals surface area contributed by atoms with Gasteiger partial charge in [-0.1, -0.05) is 24.3 Å². The van der Waals surface area contributed by atoms with Crippen molar-refractivity contribution in [2.24, 2.45) is 0 Å². The van der Waals surface area contributed by atoms with Gasteiger partial charge in [0.2, 0.25) is 0 Å². The summed E-state index contributed by atoms with van der Waals surface area (Å²) in [5.41, 5.74) is 1.91. The lowest BCUT2D eigenvalue weighted by atomic mass is 10.0. The molecule has 0 bridgehead atoms. The Morgan fingerprint density at radius 3 is 2.69 bits per heavy atom. The third kappa shape index (κ3) is 3.99. The minimum absolute atomic E-state index is 0.210. The Balaban J connectivity index is 2.56. The molecule has 0 saturated carbocycles. The number of likely N-dealkylation sites (N-methyl/N-ethyl adjacent to an activating group) is 1. The largest absolute Gasteiger partial charge is 0.298 e. The fourth-order valence-electron chi connectivity index (χ4n) is 1.54. The van der Waals surface area contributed by atoms with Gasteiger partial charge in [-0.15, -0.1) is 0 Å². The topological polar surface area (TPSA) is 20.3 Å². The van der Waals surface area contributed by atoms with Crippen molar-refractivity contribution in [1.82, 2.24) is 4.90 Å². The van der Waals surface area contributed by atoms with Crippen molar-refractivity contribution in [3.05, 3.63) is 35.4 Å². The average molecular weight is 237 g/mol. The predicted octanol–water partition coefficient (Wildman–Crippen LogP) is 2.47. The minimum atomic E-state index is 0.210. The molecular weight excluding hydrogens is 218 g/mol. The summed E-state index contributed by atoms with van der Waals surface area (Å²) in [6.07, 6.45) is 2.08. The average Bonchev–Trinajstić information content (AvgIpc) is 2.26. The molecule has 88 valence electrons. The van der Waals surface area contributed by atoms with Crippen molar-refractivity contribution in [2.45, 2.75) is 6.92 Å². The maximum absolute atomic E-state index is 12.0. The molecule has 1 rings (SSSR count). The van der Waals surface area contributed by atoms with E-state index in [0.717, 1.165) is 23.4 Å². The molecule has 0 spiro atoms. The molecule has 0 unspecified atom stereocenters. The molecule has 0 aliphatic heterocycles. The number of ketones is 1. The molecule has 1 aromatic carbocycles. The predicted molar refractivity (Wildman–Crippen MR) is 71.4 cm³/mol. The number of rotatable bonds is 6. The molecule has 2 nitrogen and oxygen atoms in total. The van der Waals surface area contributed by atoms with Crippen molar-refractivity contribution < 1.29 is 4.79 Å². The number of nitrogens with zero attached hydrogens (tertiary/aromatic N) is 1. The molecule has 0 N–H and O–H groups in total. The normalized spacial score (nSPS) is 10.8. The molecule has 1 aromatic rings. The highest BCUT2D eigenvalue weighted by molar-refractivity contribution is 7.98. The zero-order valence-electron chi connectivity index (χ0n) is 10.2. The number of Topliss-reactive ketones (excluding diaryl/α,β-unsaturated/α-hetero) is 1. The minimum Gasteiger partial charge on any atom is -0.298 e. The van der Waals surface area contributed by atoms with Crippen molar-refractivity contribution in [3.8, 4) is 0 Å². The Kier molecular flexibility index (Phi) is 5.56. The maximum atomic E-state index is 12.0. The van der Waals surface area contributed by atoms with E-state index in [1.165, 1.54) is 0 Å². The van der Waals surface area contributed by atoms with Crippen LogP contribution in [-0.4, -0.2) is 42.8 Å². The Bertz CT molecular complexity index is 352. The van der Waals surface area contributed by atoms with E-state index in [4.69, 9.17) is 0 Å². The number of thioether (sulfide) groups is 1. The summed E-state index contributed by atoms with van der Waals surface area (Å²) in [5, 5.41) is 0. The molecule has 0 saturated heterocycles. The number of aryl methyl sites for hydroxylation is 1. The van der Waals surface area contributed by atoms with Gasteiger partial charge in [0.05, 0.1) is 6.54 Å². The lowest BCUT2D eigenvalue weighted by Crippen LogP contribution is -2.28. The number of carbonyl (C=O) groups excluding carboxylic acids is 1. The second kappa shape index (κ2) is 6.71. The fraction of sp³-hybridized carbons (Fsp3) is 0.462. The third-order valence-electron chi connectivity index (χ3n) is 2.54. The molecular formula is C13H19NOS. The Morgan fingerprint density at radius 2 is 2.06 bits per heavy atom. The van der Waals surface area contributed by atoms with Crippen LogP contribution in [0.2, 0.25) is 0 Å². The van der Waals surface area contributed by atoms with Gasteiger partial charge >= 0.3 is 0 Å². The van der Waals surface area contributed by atoms with E-state index in [1.807, 2.05) is 38.2 Å². The van der Waals surface area contributed by atoms with E-state index in [1.54, 1.807) is 11.8 Å². The zero-order valence-corrected chi connectivity index (χ0v) is 11.0. The van der Waals surface area contributed by atoms with Gasteiger partial charge in [0.1, 0.15) is 0 Å². The molecule has 0 atom stereocenters. The van der Waals surface area contributed by atoms with Gasteiger partial charge in [-0.3, -0.25) is 9.69 Å². The van der Waals surface area contributed by atoms with Crippen LogP contribution in [0.5, 0.6) is 0 Å². The molecule has 0 aliphatic rings. The quantitative estimate of drug-likeness (QED) is 0.709. The Morgan fingerprint density at radius 1 is 1.38 bits per heavy atom. The lowest BCUT2D eigenvalue weighted by molar-refractivity contribution is 0.0949. The standard InChI is InChI=1S/C13H19NOS/c1-11-6-4-5-7-12(11)13(15)10-14(2)8-9-16-3/h4-7H,8-10H2,1-3H3.